The Morgan fingerprint density at radius 3 is 2.50 bits per heavy atom. The second kappa shape index (κ2) is 6.50. The van der Waals surface area contributed by atoms with Gasteiger partial charge in [-0.1, -0.05) is 0 Å². The second-order valence-electron chi connectivity index (χ2n) is 5.36. The van der Waals surface area contributed by atoms with Gasteiger partial charge < -0.3 is 15.2 Å². The molecular formula is C13H26N2O3. The van der Waals surface area contributed by atoms with E-state index in [0.717, 1.165) is 19.4 Å². The molecule has 0 aromatic rings. The number of nitrogens with one attached hydrogen (secondary N) is 1. The molecule has 2 N–H and O–H groups in total. The number of nitrogens with zero attached hydrogens (tertiary/aromatic N) is 1. The number of carboxylic acid groups (broad SMARTS) is 1. The van der Waals surface area contributed by atoms with Crippen LogP contribution in [0.25, 0.3) is 0 Å². The van der Waals surface area contributed by atoms with Crippen LogP contribution in [0.5, 0.6) is 0 Å². The first-order valence-electron chi connectivity index (χ1n) is 6.63. The maximum absolute atomic E-state index is 11.6. The zero-order chi connectivity index (χ0) is 13.8. The Bertz CT molecular complexity index is 279. The fourth-order valence-corrected chi connectivity index (χ4v) is 2.39. The fourth-order valence-electron chi connectivity index (χ4n) is 2.39. The van der Waals surface area contributed by atoms with Gasteiger partial charge in [-0.2, -0.15) is 0 Å². The van der Waals surface area contributed by atoms with Gasteiger partial charge in [0.05, 0.1) is 6.61 Å². The Kier molecular flexibility index (Phi) is 5.56. The van der Waals surface area contributed by atoms with E-state index in [0.29, 0.717) is 19.2 Å². The van der Waals surface area contributed by atoms with E-state index >= 15 is 0 Å². The van der Waals surface area contributed by atoms with Gasteiger partial charge in [0.1, 0.15) is 5.54 Å². The molecule has 5 heteroatoms. The van der Waals surface area contributed by atoms with E-state index in [4.69, 9.17) is 4.74 Å². The van der Waals surface area contributed by atoms with Gasteiger partial charge in [-0.25, -0.2) is 0 Å². The summed E-state index contributed by atoms with van der Waals surface area (Å²) in [7, 11) is 3.42. The zero-order valence-corrected chi connectivity index (χ0v) is 11.9. The highest BCUT2D eigenvalue weighted by Crippen LogP contribution is 2.40. The molecule has 1 saturated carbocycles. The van der Waals surface area contributed by atoms with E-state index in [1.165, 1.54) is 0 Å². The van der Waals surface area contributed by atoms with E-state index in [-0.39, 0.29) is 5.92 Å². The molecule has 5 nitrogen and oxygen atoms in total. The van der Waals surface area contributed by atoms with Gasteiger partial charge in [0.15, 0.2) is 0 Å². The molecule has 106 valence electrons. The number of hydrogen-bond acceptors (Lipinski definition) is 4. The number of ether oxygens (including phenoxy) is 1. The van der Waals surface area contributed by atoms with Crippen LogP contribution in [0.4, 0.5) is 0 Å². The summed E-state index contributed by atoms with van der Waals surface area (Å²) >= 11 is 0. The van der Waals surface area contributed by atoms with Crippen molar-refractivity contribution in [3.8, 4) is 0 Å². The number of aliphatic carboxylic acids is 1. The monoisotopic (exact) mass is 258 g/mol. The van der Waals surface area contributed by atoms with Gasteiger partial charge in [-0.3, -0.25) is 9.69 Å². The van der Waals surface area contributed by atoms with Gasteiger partial charge in [0.25, 0.3) is 0 Å². The molecule has 1 aliphatic carbocycles. The summed E-state index contributed by atoms with van der Waals surface area (Å²) in [6, 6.07) is 0.311. The van der Waals surface area contributed by atoms with Crippen molar-refractivity contribution in [1.82, 2.24) is 10.2 Å². The van der Waals surface area contributed by atoms with E-state index in [9.17, 15) is 9.90 Å². The van der Waals surface area contributed by atoms with Crippen LogP contribution >= 0.6 is 0 Å². The molecule has 1 fully saturated rings. The van der Waals surface area contributed by atoms with Crippen molar-refractivity contribution in [3.05, 3.63) is 0 Å². The molecule has 0 saturated heterocycles. The van der Waals surface area contributed by atoms with Gasteiger partial charge in [-0.15, -0.1) is 0 Å². The molecule has 1 aliphatic rings. The molecule has 0 amide bonds. The third kappa shape index (κ3) is 3.43. The molecule has 0 aromatic heterocycles. The highest BCUT2D eigenvalue weighted by molar-refractivity contribution is 5.80. The van der Waals surface area contributed by atoms with Crippen LogP contribution < -0.4 is 5.32 Å². The molecule has 0 aromatic carbocycles. The van der Waals surface area contributed by atoms with Crippen molar-refractivity contribution in [1.29, 1.82) is 0 Å². The molecule has 0 aliphatic heterocycles. The molecule has 1 unspecified atom stereocenters. The summed E-state index contributed by atoms with van der Waals surface area (Å²) in [4.78, 5) is 13.8. The highest BCUT2D eigenvalue weighted by Gasteiger charge is 2.51. The van der Waals surface area contributed by atoms with Crippen LogP contribution in [-0.2, 0) is 9.53 Å². The van der Waals surface area contributed by atoms with Gasteiger partial charge in [0.2, 0.25) is 0 Å². The predicted octanol–water partition coefficient (Wildman–Crippen LogP) is 0.796. The lowest BCUT2D eigenvalue weighted by atomic mass is 9.92. The molecule has 0 radical (unpaired) electrons. The summed E-state index contributed by atoms with van der Waals surface area (Å²) in [6.45, 7) is 6.10. The summed E-state index contributed by atoms with van der Waals surface area (Å²) in [5.74, 6) is -0.487. The van der Waals surface area contributed by atoms with Gasteiger partial charge in [-0.05, 0) is 39.7 Å². The van der Waals surface area contributed by atoms with Gasteiger partial charge >= 0.3 is 5.97 Å². The van der Waals surface area contributed by atoms with Crippen LogP contribution in [0.3, 0.4) is 0 Å². The largest absolute Gasteiger partial charge is 0.480 e. The summed E-state index contributed by atoms with van der Waals surface area (Å²) in [6.07, 6.45) is 2.01. The van der Waals surface area contributed by atoms with Crippen molar-refractivity contribution < 1.29 is 14.6 Å². The topological polar surface area (TPSA) is 61.8 Å². The number of carbonyl (C=O) groups is 1. The summed E-state index contributed by atoms with van der Waals surface area (Å²) in [5, 5.41) is 12.6. The molecule has 0 heterocycles. The van der Waals surface area contributed by atoms with Crippen molar-refractivity contribution in [2.75, 3.05) is 33.9 Å². The minimum Gasteiger partial charge on any atom is -0.480 e. The quantitative estimate of drug-likeness (QED) is 0.640. The van der Waals surface area contributed by atoms with Crippen molar-refractivity contribution in [3.63, 3.8) is 0 Å². The Morgan fingerprint density at radius 2 is 2.17 bits per heavy atom. The minimum absolute atomic E-state index is 0.254. The normalized spacial score (nSPS) is 19.2. The standard InChI is InChI=1S/C13H26N2O3/c1-10(2)15(7-8-18-4)9-13(14-3,12(16)17)11-5-6-11/h10-11,14H,5-9H2,1-4H3,(H,16,17). The molecular weight excluding hydrogens is 232 g/mol. The lowest BCUT2D eigenvalue weighted by molar-refractivity contribution is -0.147. The number of methoxy groups -OCH3 is 1. The smallest absolute Gasteiger partial charge is 0.325 e. The molecule has 0 bridgehead atoms. The van der Waals surface area contributed by atoms with E-state index in [2.05, 4.69) is 24.1 Å². The van der Waals surface area contributed by atoms with Crippen LogP contribution in [-0.4, -0.2) is 61.4 Å². The maximum atomic E-state index is 11.6. The minimum atomic E-state index is -0.808. The molecule has 1 rings (SSSR count). The van der Waals surface area contributed by atoms with Crippen LogP contribution in [0.15, 0.2) is 0 Å². The second-order valence-corrected chi connectivity index (χ2v) is 5.36. The van der Waals surface area contributed by atoms with Gasteiger partial charge in [0, 0.05) is 26.2 Å². The van der Waals surface area contributed by atoms with Crippen molar-refractivity contribution in [2.24, 2.45) is 5.92 Å². The van der Waals surface area contributed by atoms with Crippen LogP contribution in [0.1, 0.15) is 26.7 Å². The number of rotatable bonds is 9. The van der Waals surface area contributed by atoms with Crippen molar-refractivity contribution >= 4 is 5.97 Å². The Balaban J connectivity index is 2.76. The first-order chi connectivity index (χ1) is 8.47. The molecule has 18 heavy (non-hydrogen) atoms. The van der Waals surface area contributed by atoms with Crippen molar-refractivity contribution in [2.45, 2.75) is 38.3 Å². The first kappa shape index (κ1) is 15.4. The maximum Gasteiger partial charge on any atom is 0.325 e. The SMILES string of the molecule is CNC(CN(CCOC)C(C)C)(C(=O)O)C1CC1. The predicted molar refractivity (Wildman–Crippen MR) is 70.7 cm³/mol. The number of likely N-dealkylation sites (N-methyl/N-ethyl adjacent to an activating group) is 1. The average molecular weight is 258 g/mol. The van der Waals surface area contributed by atoms with E-state index < -0.39 is 11.5 Å². The number of hydrogen-bond donors (Lipinski definition) is 2. The average Bonchev–Trinajstić information content (AvgIpc) is 3.13. The Hall–Kier alpha value is -0.650. The first-order valence-corrected chi connectivity index (χ1v) is 6.63. The summed E-state index contributed by atoms with van der Waals surface area (Å²) in [5.41, 5.74) is -0.808. The van der Waals surface area contributed by atoms with E-state index in [1.807, 2.05) is 0 Å². The van der Waals surface area contributed by atoms with Crippen LogP contribution in [0, 0.1) is 5.92 Å². The fraction of sp³-hybridized carbons (Fsp3) is 0.923. The lowest BCUT2D eigenvalue weighted by Gasteiger charge is -2.37. The Labute approximate surface area is 109 Å². The zero-order valence-electron chi connectivity index (χ0n) is 11.9. The third-order valence-electron chi connectivity index (χ3n) is 3.87. The third-order valence-corrected chi connectivity index (χ3v) is 3.87. The number of carboxylic acids is 1. The lowest BCUT2D eigenvalue weighted by Crippen LogP contribution is -2.60. The Morgan fingerprint density at radius 1 is 1.56 bits per heavy atom. The van der Waals surface area contributed by atoms with E-state index in [1.54, 1.807) is 14.2 Å². The highest BCUT2D eigenvalue weighted by atomic mass is 16.5. The summed E-state index contributed by atoms with van der Waals surface area (Å²) < 4.78 is 5.10. The molecule has 0 spiro atoms. The molecule has 1 atom stereocenters. The van der Waals surface area contributed by atoms with Crippen LogP contribution in [0.2, 0.25) is 0 Å².